The highest BCUT2D eigenvalue weighted by Crippen LogP contribution is 2.11. The van der Waals surface area contributed by atoms with Crippen LogP contribution in [0, 0.1) is 0 Å². The summed E-state index contributed by atoms with van der Waals surface area (Å²) in [6.45, 7) is 0. The molecular formula is C14H14O3. The second-order valence-corrected chi connectivity index (χ2v) is 3.22. The topological polar surface area (TPSA) is 46.5 Å². The summed E-state index contributed by atoms with van der Waals surface area (Å²) in [5, 5.41) is 10.5. The fraction of sp³-hybridized carbons (Fsp3) is 0.0714. The van der Waals surface area contributed by atoms with E-state index in [2.05, 4.69) is 53.3 Å². The van der Waals surface area contributed by atoms with Crippen LogP contribution in [-0.2, 0) is 9.53 Å². The molecule has 0 heterocycles. The molecule has 0 fully saturated rings. The van der Waals surface area contributed by atoms with E-state index in [1.807, 2.05) is 0 Å². The maximum absolute atomic E-state index is 9.59. The average molecular weight is 230 g/mol. The van der Waals surface area contributed by atoms with Crippen molar-refractivity contribution < 1.29 is 14.6 Å². The molecule has 0 radical (unpaired) electrons. The van der Waals surface area contributed by atoms with Crippen molar-refractivity contribution in [2.75, 3.05) is 7.11 Å². The van der Waals surface area contributed by atoms with Gasteiger partial charge in [-0.05, 0) is 10.8 Å². The largest absolute Gasteiger partial charge is 0.504 e. The van der Waals surface area contributed by atoms with Crippen LogP contribution >= 0.6 is 0 Å². The van der Waals surface area contributed by atoms with E-state index in [0.717, 1.165) is 12.3 Å². The molecule has 0 spiro atoms. The van der Waals surface area contributed by atoms with Gasteiger partial charge in [-0.2, -0.15) is 0 Å². The second-order valence-electron chi connectivity index (χ2n) is 3.22. The molecule has 3 heteroatoms. The molecule has 3 nitrogen and oxygen atoms in total. The van der Waals surface area contributed by atoms with Crippen LogP contribution in [-0.4, -0.2) is 18.2 Å². The highest BCUT2D eigenvalue weighted by atomic mass is 16.5. The summed E-state index contributed by atoms with van der Waals surface area (Å²) < 4.78 is 4.29. The van der Waals surface area contributed by atoms with Crippen LogP contribution in [0.5, 0.6) is 0 Å². The molecule has 0 saturated carbocycles. The average Bonchev–Trinajstić information content (AvgIpc) is 2.37. The van der Waals surface area contributed by atoms with Gasteiger partial charge in [0.05, 0.1) is 19.4 Å². The van der Waals surface area contributed by atoms with E-state index in [1.165, 1.54) is 17.9 Å². The summed E-state index contributed by atoms with van der Waals surface area (Å²) in [7, 11) is 1.39. The summed E-state index contributed by atoms with van der Waals surface area (Å²) >= 11 is 0. The molecule has 0 saturated heterocycles. The molecule has 0 aliphatic carbocycles. The Bertz CT molecular complexity index is 438. The zero-order valence-corrected chi connectivity index (χ0v) is 9.54. The van der Waals surface area contributed by atoms with Crippen molar-refractivity contribution in [1.29, 1.82) is 0 Å². The maximum atomic E-state index is 9.59. The van der Waals surface area contributed by atoms with E-state index in [0.29, 0.717) is 0 Å². The normalized spacial score (nSPS) is 9.71. The molecule has 0 aliphatic heterocycles. The number of methoxy groups -OCH3 is 1. The number of fused-ring (bicyclic) bond motifs is 1. The summed E-state index contributed by atoms with van der Waals surface area (Å²) in [5.41, 5.74) is 0. The molecular weight excluding hydrogens is 216 g/mol. The Labute approximate surface area is 100.0 Å². The third kappa shape index (κ3) is 4.84. The smallest absolute Gasteiger partial charge is 0.331 e. The van der Waals surface area contributed by atoms with Crippen molar-refractivity contribution >= 4 is 16.7 Å². The minimum Gasteiger partial charge on any atom is -0.504 e. The van der Waals surface area contributed by atoms with Gasteiger partial charge in [-0.3, -0.25) is 0 Å². The first kappa shape index (κ1) is 12.8. The first-order chi connectivity index (χ1) is 8.24. The van der Waals surface area contributed by atoms with Crippen LogP contribution in [0.15, 0.2) is 60.9 Å². The molecule has 2 aromatic rings. The molecule has 17 heavy (non-hydrogen) atoms. The van der Waals surface area contributed by atoms with Crippen LogP contribution in [0.2, 0.25) is 0 Å². The van der Waals surface area contributed by atoms with Crippen molar-refractivity contribution in [3.63, 3.8) is 0 Å². The van der Waals surface area contributed by atoms with E-state index < -0.39 is 5.97 Å². The number of carbonyl (C=O) groups is 1. The van der Waals surface area contributed by atoms with E-state index in [9.17, 15) is 4.79 Å². The van der Waals surface area contributed by atoms with Crippen LogP contribution in [0.25, 0.3) is 10.8 Å². The van der Waals surface area contributed by atoms with Gasteiger partial charge >= 0.3 is 5.97 Å². The number of benzene rings is 2. The number of hydrogen-bond acceptors (Lipinski definition) is 2. The minimum absolute atomic E-state index is 0.917. The van der Waals surface area contributed by atoms with Gasteiger partial charge in [0.25, 0.3) is 0 Å². The maximum Gasteiger partial charge on any atom is 0.331 e. The van der Waals surface area contributed by atoms with Crippen molar-refractivity contribution in [2.45, 2.75) is 0 Å². The number of ether oxygens (including phenoxy) is 1. The predicted molar refractivity (Wildman–Crippen MR) is 67.7 cm³/mol. The summed E-state index contributed by atoms with van der Waals surface area (Å²) in [6, 6.07) is 16.7. The fourth-order valence-electron chi connectivity index (χ4n) is 1.26. The van der Waals surface area contributed by atoms with Crippen LogP contribution in [0.3, 0.4) is 0 Å². The molecule has 0 bridgehead atoms. The third-order valence-electron chi connectivity index (χ3n) is 2.01. The highest BCUT2D eigenvalue weighted by Gasteiger charge is 1.85. The van der Waals surface area contributed by atoms with Crippen LogP contribution < -0.4 is 0 Å². The van der Waals surface area contributed by atoms with E-state index in [-0.39, 0.29) is 0 Å². The summed E-state index contributed by atoms with van der Waals surface area (Å²) in [6.07, 6.45) is 2.02. The molecule has 2 rings (SSSR count). The first-order valence-corrected chi connectivity index (χ1v) is 5.10. The Kier molecular flexibility index (Phi) is 5.31. The number of aliphatic carboxylic acids is 1. The number of carboxylic acid groups (broad SMARTS) is 1. The SMILES string of the molecule is COC=CC(=O)O.c1ccc2ccccc2c1. The van der Waals surface area contributed by atoms with Gasteiger partial charge in [-0.15, -0.1) is 0 Å². The number of rotatable bonds is 2. The van der Waals surface area contributed by atoms with Crippen LogP contribution in [0.4, 0.5) is 0 Å². The van der Waals surface area contributed by atoms with E-state index >= 15 is 0 Å². The molecule has 88 valence electrons. The molecule has 0 amide bonds. The minimum atomic E-state index is -0.998. The summed E-state index contributed by atoms with van der Waals surface area (Å²) in [5.74, 6) is -0.998. The van der Waals surface area contributed by atoms with Crippen molar-refractivity contribution in [2.24, 2.45) is 0 Å². The van der Waals surface area contributed by atoms with Gasteiger partial charge in [0.1, 0.15) is 0 Å². The standard InChI is InChI=1S/C10H8.C4H6O3/c1-2-6-10-8-4-3-7-9(10)5-1;1-7-3-2-4(5)6/h1-8H;2-3H,1H3,(H,5,6). The molecule has 2 aromatic carbocycles. The van der Waals surface area contributed by atoms with E-state index in [1.54, 1.807) is 0 Å². The van der Waals surface area contributed by atoms with Gasteiger partial charge < -0.3 is 9.84 Å². The van der Waals surface area contributed by atoms with Gasteiger partial charge in [0.2, 0.25) is 0 Å². The predicted octanol–water partition coefficient (Wildman–Crippen LogP) is 3.07. The zero-order chi connectivity index (χ0) is 12.5. The van der Waals surface area contributed by atoms with Crippen molar-refractivity contribution in [3.05, 3.63) is 60.9 Å². The Hall–Kier alpha value is -2.29. The quantitative estimate of drug-likeness (QED) is 0.637. The Morgan fingerprint density at radius 2 is 1.47 bits per heavy atom. The molecule has 0 atom stereocenters. The Morgan fingerprint density at radius 3 is 1.71 bits per heavy atom. The van der Waals surface area contributed by atoms with Gasteiger partial charge in [-0.1, -0.05) is 48.5 Å². The monoisotopic (exact) mass is 230 g/mol. The Morgan fingerprint density at radius 1 is 1.06 bits per heavy atom. The lowest BCUT2D eigenvalue weighted by atomic mass is 10.1. The van der Waals surface area contributed by atoms with E-state index in [4.69, 9.17) is 5.11 Å². The first-order valence-electron chi connectivity index (χ1n) is 5.10. The molecule has 0 aromatic heterocycles. The second kappa shape index (κ2) is 7.06. The van der Waals surface area contributed by atoms with Gasteiger partial charge in [0.15, 0.2) is 0 Å². The zero-order valence-electron chi connectivity index (χ0n) is 9.54. The lowest BCUT2D eigenvalue weighted by molar-refractivity contribution is -0.131. The number of hydrogen-bond donors (Lipinski definition) is 1. The summed E-state index contributed by atoms with van der Waals surface area (Å²) in [4.78, 5) is 9.59. The number of carboxylic acids is 1. The van der Waals surface area contributed by atoms with Crippen molar-refractivity contribution in [3.8, 4) is 0 Å². The lowest BCUT2D eigenvalue weighted by Gasteiger charge is -1.92. The molecule has 1 N–H and O–H groups in total. The van der Waals surface area contributed by atoms with Gasteiger partial charge in [-0.25, -0.2) is 4.79 Å². The van der Waals surface area contributed by atoms with Crippen LogP contribution in [0.1, 0.15) is 0 Å². The third-order valence-corrected chi connectivity index (χ3v) is 2.01. The molecule has 0 aliphatic rings. The molecule has 0 unspecified atom stereocenters. The fourth-order valence-corrected chi connectivity index (χ4v) is 1.26. The lowest BCUT2D eigenvalue weighted by Crippen LogP contribution is -1.85. The highest BCUT2D eigenvalue weighted by molar-refractivity contribution is 5.82. The van der Waals surface area contributed by atoms with Crippen molar-refractivity contribution in [1.82, 2.24) is 0 Å². The Balaban J connectivity index is 0.000000185. The van der Waals surface area contributed by atoms with Gasteiger partial charge in [0, 0.05) is 0 Å².